The van der Waals surface area contributed by atoms with Crippen molar-refractivity contribution in [3.05, 3.63) is 71.2 Å². The van der Waals surface area contributed by atoms with Gasteiger partial charge < -0.3 is 14.5 Å². The summed E-state index contributed by atoms with van der Waals surface area (Å²) in [7, 11) is 0. The van der Waals surface area contributed by atoms with E-state index >= 15 is 0 Å². The van der Waals surface area contributed by atoms with Crippen LogP contribution in [0.15, 0.2) is 53.2 Å². The Balaban J connectivity index is 1.79. The summed E-state index contributed by atoms with van der Waals surface area (Å²) in [4.78, 5) is 36.9. The number of nitriles is 1. The van der Waals surface area contributed by atoms with Crippen molar-refractivity contribution in [3.8, 4) is 12.0 Å². The molecule has 0 spiro atoms. The van der Waals surface area contributed by atoms with Gasteiger partial charge in [-0.15, -0.1) is 0 Å². The van der Waals surface area contributed by atoms with E-state index in [4.69, 9.17) is 9.15 Å². The minimum absolute atomic E-state index is 0.0169. The Bertz CT molecular complexity index is 1150. The van der Waals surface area contributed by atoms with Crippen molar-refractivity contribution in [2.45, 2.75) is 26.9 Å². The molecule has 0 fully saturated rings. The monoisotopic (exact) mass is 405 g/mol. The van der Waals surface area contributed by atoms with E-state index in [1.165, 1.54) is 20.8 Å². The molecule has 1 amide bonds. The van der Waals surface area contributed by atoms with Crippen LogP contribution in [0.4, 0.5) is 5.69 Å². The summed E-state index contributed by atoms with van der Waals surface area (Å²) in [5.74, 6) is -1.27. The lowest BCUT2D eigenvalue weighted by Crippen LogP contribution is -2.30. The summed E-state index contributed by atoms with van der Waals surface area (Å²) in [5.41, 5.74) is 0.649. The van der Waals surface area contributed by atoms with Crippen LogP contribution >= 0.6 is 0 Å². The molecule has 8 nitrogen and oxygen atoms in total. The van der Waals surface area contributed by atoms with E-state index in [2.05, 4.69) is 5.32 Å². The second-order valence-electron chi connectivity index (χ2n) is 6.55. The van der Waals surface area contributed by atoms with Crippen LogP contribution in [0.5, 0.6) is 0 Å². The number of aryl methyl sites for hydroxylation is 1. The Morgan fingerprint density at radius 1 is 1.17 bits per heavy atom. The average Bonchev–Trinajstić information content (AvgIpc) is 3.35. The van der Waals surface area contributed by atoms with Crippen molar-refractivity contribution in [2.24, 2.45) is 0 Å². The molecule has 2 heterocycles. The first kappa shape index (κ1) is 20.6. The van der Waals surface area contributed by atoms with Crippen LogP contribution < -0.4 is 5.32 Å². The van der Waals surface area contributed by atoms with E-state index in [9.17, 15) is 19.6 Å². The summed E-state index contributed by atoms with van der Waals surface area (Å²) in [6.07, 6.45) is 2.18. The van der Waals surface area contributed by atoms with Gasteiger partial charge in [0.25, 0.3) is 5.91 Å². The number of anilines is 1. The number of nitrogens with zero attached hydrogens (tertiary/aromatic N) is 2. The maximum Gasteiger partial charge on any atom is 0.343 e. The molecular weight excluding hydrogens is 386 g/mol. The number of Topliss-reactive ketones (excluding diaryl/α,β-unsaturated/α-hetero) is 1. The number of ketones is 1. The molecule has 0 aliphatic heterocycles. The standard InChI is InChI=1S/C22H19N3O5/c1-13(26)16-8-4-5-9-18(16)24-20(27)15(3)30-22(28)19-14(2)29-21(17(19)12-23)25-10-6-7-11-25/h4-11,15H,1-3H3,(H,24,27)/t15-/m1/s1. The second kappa shape index (κ2) is 8.49. The highest BCUT2D eigenvalue weighted by Crippen LogP contribution is 2.26. The first-order valence-corrected chi connectivity index (χ1v) is 9.12. The Morgan fingerprint density at radius 3 is 2.47 bits per heavy atom. The lowest BCUT2D eigenvalue weighted by molar-refractivity contribution is -0.123. The van der Waals surface area contributed by atoms with E-state index in [0.29, 0.717) is 11.3 Å². The molecule has 0 aliphatic carbocycles. The summed E-state index contributed by atoms with van der Waals surface area (Å²) >= 11 is 0. The van der Waals surface area contributed by atoms with Crippen LogP contribution in [0.2, 0.25) is 0 Å². The first-order chi connectivity index (χ1) is 14.3. The van der Waals surface area contributed by atoms with Gasteiger partial charge in [0.15, 0.2) is 11.9 Å². The molecule has 3 aromatic rings. The van der Waals surface area contributed by atoms with Gasteiger partial charge in [-0.1, -0.05) is 12.1 Å². The normalized spacial score (nSPS) is 11.4. The van der Waals surface area contributed by atoms with E-state index < -0.39 is 18.0 Å². The molecule has 0 aliphatic rings. The third-order valence-corrected chi connectivity index (χ3v) is 4.44. The van der Waals surface area contributed by atoms with Crippen molar-refractivity contribution < 1.29 is 23.5 Å². The molecule has 0 radical (unpaired) electrons. The number of esters is 1. The molecule has 0 saturated carbocycles. The molecule has 3 rings (SSSR count). The van der Waals surface area contributed by atoms with Gasteiger partial charge in [-0.3, -0.25) is 14.2 Å². The number of ether oxygens (including phenoxy) is 1. The van der Waals surface area contributed by atoms with E-state index in [0.717, 1.165) is 0 Å². The van der Waals surface area contributed by atoms with Crippen molar-refractivity contribution in [1.82, 2.24) is 4.57 Å². The third kappa shape index (κ3) is 4.00. The summed E-state index contributed by atoms with van der Waals surface area (Å²) < 4.78 is 12.4. The lowest BCUT2D eigenvalue weighted by Gasteiger charge is -2.15. The maximum absolute atomic E-state index is 12.7. The number of para-hydroxylation sites is 1. The van der Waals surface area contributed by atoms with E-state index in [1.54, 1.807) is 53.4 Å². The van der Waals surface area contributed by atoms with Gasteiger partial charge in [-0.25, -0.2) is 4.79 Å². The molecule has 0 unspecified atom stereocenters. The summed E-state index contributed by atoms with van der Waals surface area (Å²) in [5, 5.41) is 12.1. The molecule has 8 heteroatoms. The number of hydrogen-bond donors (Lipinski definition) is 1. The van der Waals surface area contributed by atoms with Gasteiger partial charge in [-0.05, 0) is 45.0 Å². The van der Waals surface area contributed by atoms with Crippen LogP contribution in [0, 0.1) is 18.3 Å². The predicted octanol–water partition coefficient (Wildman–Crippen LogP) is 3.64. The van der Waals surface area contributed by atoms with Gasteiger partial charge in [0.2, 0.25) is 5.88 Å². The average molecular weight is 405 g/mol. The molecule has 0 saturated heterocycles. The molecule has 2 aromatic heterocycles. The number of benzene rings is 1. The van der Waals surface area contributed by atoms with Crippen molar-refractivity contribution in [1.29, 1.82) is 5.26 Å². The zero-order valence-electron chi connectivity index (χ0n) is 16.6. The number of carbonyl (C=O) groups is 3. The minimum atomic E-state index is -1.17. The number of carbonyl (C=O) groups excluding carboxylic acids is 3. The molecule has 1 aromatic carbocycles. The highest BCUT2D eigenvalue weighted by Gasteiger charge is 2.28. The van der Waals surface area contributed by atoms with Gasteiger partial charge >= 0.3 is 5.97 Å². The van der Waals surface area contributed by atoms with E-state index in [-0.39, 0.29) is 28.6 Å². The third-order valence-electron chi connectivity index (χ3n) is 4.44. The molecular formula is C22H19N3O5. The predicted molar refractivity (Wildman–Crippen MR) is 107 cm³/mol. The quantitative estimate of drug-likeness (QED) is 0.495. The van der Waals surface area contributed by atoms with Crippen LogP contribution in [0.1, 0.15) is 45.9 Å². The van der Waals surface area contributed by atoms with Crippen molar-refractivity contribution in [3.63, 3.8) is 0 Å². The summed E-state index contributed by atoms with van der Waals surface area (Å²) in [6, 6.07) is 12.0. The van der Waals surface area contributed by atoms with Crippen molar-refractivity contribution >= 4 is 23.3 Å². The largest absolute Gasteiger partial charge is 0.449 e. The van der Waals surface area contributed by atoms with Crippen LogP contribution in [-0.2, 0) is 9.53 Å². The fourth-order valence-electron chi connectivity index (χ4n) is 2.94. The van der Waals surface area contributed by atoms with Crippen LogP contribution in [0.25, 0.3) is 5.88 Å². The Kier molecular flexibility index (Phi) is 5.83. The van der Waals surface area contributed by atoms with Crippen LogP contribution in [0.3, 0.4) is 0 Å². The number of rotatable bonds is 6. The Labute approximate surface area is 172 Å². The second-order valence-corrected chi connectivity index (χ2v) is 6.55. The number of furan rings is 1. The van der Waals surface area contributed by atoms with Gasteiger partial charge in [0, 0.05) is 18.0 Å². The minimum Gasteiger partial charge on any atom is -0.449 e. The number of nitrogens with one attached hydrogen (secondary N) is 1. The molecule has 1 atom stereocenters. The zero-order chi connectivity index (χ0) is 21.8. The fraction of sp³-hybridized carbons (Fsp3) is 0.182. The highest BCUT2D eigenvalue weighted by atomic mass is 16.5. The Morgan fingerprint density at radius 2 is 1.83 bits per heavy atom. The highest BCUT2D eigenvalue weighted by molar-refractivity contribution is 6.05. The first-order valence-electron chi connectivity index (χ1n) is 9.12. The Hall–Kier alpha value is -4.12. The van der Waals surface area contributed by atoms with E-state index in [1.807, 2.05) is 6.07 Å². The van der Waals surface area contributed by atoms with Crippen molar-refractivity contribution in [2.75, 3.05) is 5.32 Å². The fourth-order valence-corrected chi connectivity index (χ4v) is 2.94. The number of amides is 1. The maximum atomic E-state index is 12.7. The molecule has 30 heavy (non-hydrogen) atoms. The molecule has 1 N–H and O–H groups in total. The summed E-state index contributed by atoms with van der Waals surface area (Å²) in [6.45, 7) is 4.33. The molecule has 152 valence electrons. The topological polar surface area (TPSA) is 114 Å². The number of hydrogen-bond acceptors (Lipinski definition) is 6. The van der Waals surface area contributed by atoms with Gasteiger partial charge in [0.05, 0.1) is 5.69 Å². The SMILES string of the molecule is CC(=O)c1ccccc1NC(=O)[C@@H](C)OC(=O)c1c(C)oc(-n2cccc2)c1C#N. The molecule has 0 bridgehead atoms. The van der Waals surface area contributed by atoms with Gasteiger partial charge in [-0.2, -0.15) is 5.26 Å². The lowest BCUT2D eigenvalue weighted by atomic mass is 10.1. The van der Waals surface area contributed by atoms with Crippen LogP contribution in [-0.4, -0.2) is 28.3 Å². The smallest absolute Gasteiger partial charge is 0.343 e. The van der Waals surface area contributed by atoms with Gasteiger partial charge in [0.1, 0.15) is 23.0 Å². The number of aromatic nitrogens is 1. The zero-order valence-corrected chi connectivity index (χ0v) is 16.6.